The van der Waals surface area contributed by atoms with Gasteiger partial charge >= 0.3 is 0 Å². The molecule has 1 aliphatic heterocycles. The molecule has 0 saturated heterocycles. The maximum atomic E-state index is 12.7. The lowest BCUT2D eigenvalue weighted by atomic mass is 10.2. The molecule has 2 aromatic carbocycles. The van der Waals surface area contributed by atoms with Gasteiger partial charge in [-0.2, -0.15) is 0 Å². The minimum atomic E-state index is -4.14. The van der Waals surface area contributed by atoms with Crippen LogP contribution in [0.2, 0.25) is 0 Å². The Morgan fingerprint density at radius 3 is 2.61 bits per heavy atom. The van der Waals surface area contributed by atoms with Gasteiger partial charge in [-0.15, -0.1) is 0 Å². The fourth-order valence-electron chi connectivity index (χ4n) is 2.51. The van der Waals surface area contributed by atoms with Gasteiger partial charge in [0.2, 0.25) is 10.0 Å². The van der Waals surface area contributed by atoms with Crippen molar-refractivity contribution in [3.05, 3.63) is 36.4 Å². The first-order valence-corrected chi connectivity index (χ1v) is 11.0. The van der Waals surface area contributed by atoms with Gasteiger partial charge in [0.1, 0.15) is 16.4 Å². The number of nitrogens with one attached hydrogen (secondary N) is 2. The Morgan fingerprint density at radius 1 is 1.18 bits per heavy atom. The zero-order chi connectivity index (χ0) is 20.5. The molecule has 0 bridgehead atoms. The molecule has 0 unspecified atom stereocenters. The lowest BCUT2D eigenvalue weighted by Gasteiger charge is -2.19. The summed E-state index contributed by atoms with van der Waals surface area (Å²) in [6.45, 7) is 1.72. The molecule has 150 valence electrons. The molecule has 0 atom stereocenters. The van der Waals surface area contributed by atoms with Gasteiger partial charge in [0.25, 0.3) is 15.9 Å². The number of carbonyl (C=O) groups is 1. The second-order valence-electron chi connectivity index (χ2n) is 5.74. The molecule has 2 aromatic rings. The molecule has 1 amide bonds. The van der Waals surface area contributed by atoms with Gasteiger partial charge < -0.3 is 14.8 Å². The first kappa shape index (κ1) is 19.9. The number of hydrogen-bond acceptors (Lipinski definition) is 7. The quantitative estimate of drug-likeness (QED) is 0.618. The molecule has 3 rings (SSSR count). The first-order valence-electron chi connectivity index (χ1n) is 7.99. The van der Waals surface area contributed by atoms with Crippen molar-refractivity contribution >= 4 is 37.3 Å². The highest BCUT2D eigenvalue weighted by Gasteiger charge is 2.22. The summed E-state index contributed by atoms with van der Waals surface area (Å²) in [7, 11) is -8.23. The summed E-state index contributed by atoms with van der Waals surface area (Å²) >= 11 is 0. The van der Waals surface area contributed by atoms with Gasteiger partial charge in [-0.05, 0) is 43.3 Å². The summed E-state index contributed by atoms with van der Waals surface area (Å²) in [5.41, 5.74) is 0.196. The lowest BCUT2D eigenvalue weighted by Crippen LogP contribution is -2.25. The molecule has 0 aromatic heterocycles. The summed E-state index contributed by atoms with van der Waals surface area (Å²) in [4.78, 5) is 10.9. The van der Waals surface area contributed by atoms with Crippen molar-refractivity contribution in [2.75, 3.05) is 23.3 Å². The molecule has 28 heavy (non-hydrogen) atoms. The van der Waals surface area contributed by atoms with Crippen LogP contribution >= 0.6 is 0 Å². The molecular weight excluding hydrogens is 410 g/mol. The lowest BCUT2D eigenvalue weighted by molar-refractivity contribution is -0.118. The van der Waals surface area contributed by atoms with E-state index >= 15 is 0 Å². The first-order chi connectivity index (χ1) is 13.1. The molecule has 1 heterocycles. The summed E-state index contributed by atoms with van der Waals surface area (Å²) < 4.78 is 61.6. The Bertz CT molecular complexity index is 1140. The Morgan fingerprint density at radius 2 is 1.93 bits per heavy atom. The number of ether oxygens (including phenoxy) is 2. The largest absolute Gasteiger partial charge is 0.492 e. The Hall–Kier alpha value is -2.83. The van der Waals surface area contributed by atoms with E-state index in [0.717, 1.165) is 6.07 Å². The van der Waals surface area contributed by atoms with Gasteiger partial charge in [-0.3, -0.25) is 9.52 Å². The predicted octanol–water partition coefficient (Wildman–Crippen LogP) is 0.864. The summed E-state index contributed by atoms with van der Waals surface area (Å²) in [5.74, 6) is -0.0444. The van der Waals surface area contributed by atoms with Crippen LogP contribution in [0.5, 0.6) is 11.5 Å². The zero-order valence-corrected chi connectivity index (χ0v) is 16.3. The molecule has 4 N–H and O–H groups in total. The van der Waals surface area contributed by atoms with E-state index in [-0.39, 0.29) is 40.1 Å². The van der Waals surface area contributed by atoms with Gasteiger partial charge in [0.05, 0.1) is 22.9 Å². The van der Waals surface area contributed by atoms with E-state index in [4.69, 9.17) is 14.6 Å². The van der Waals surface area contributed by atoms with Crippen molar-refractivity contribution in [3.8, 4) is 11.5 Å². The molecule has 0 saturated carbocycles. The van der Waals surface area contributed by atoms with Crippen LogP contribution in [-0.4, -0.2) is 36.0 Å². The molecule has 0 radical (unpaired) electrons. The van der Waals surface area contributed by atoms with E-state index in [0.29, 0.717) is 5.75 Å². The minimum absolute atomic E-state index is 0.0154. The van der Waals surface area contributed by atoms with Crippen LogP contribution in [0.15, 0.2) is 46.2 Å². The number of anilines is 2. The standard InChI is InChI=1S/C16H17N3O7S2/c1-2-25-14-5-3-10(7-15(14)27(17,21)22)19-28(23,24)11-4-6-13-12(8-11)18-16(20)9-26-13/h3-8,19H,2,9H2,1H3,(H,18,20)(H2,17,21,22). The second-order valence-corrected chi connectivity index (χ2v) is 8.95. The summed E-state index contributed by atoms with van der Waals surface area (Å²) in [5, 5.41) is 7.70. The van der Waals surface area contributed by atoms with E-state index in [9.17, 15) is 21.6 Å². The topological polar surface area (TPSA) is 154 Å². The third-order valence-electron chi connectivity index (χ3n) is 3.70. The Kier molecular flexibility index (Phi) is 5.19. The van der Waals surface area contributed by atoms with Crippen LogP contribution < -0.4 is 24.7 Å². The molecule has 10 nitrogen and oxygen atoms in total. The predicted molar refractivity (Wildman–Crippen MR) is 100 cm³/mol. The monoisotopic (exact) mass is 427 g/mol. The summed E-state index contributed by atoms with van der Waals surface area (Å²) in [6.07, 6.45) is 0. The zero-order valence-electron chi connectivity index (χ0n) is 14.6. The fraction of sp³-hybridized carbons (Fsp3) is 0.188. The van der Waals surface area contributed by atoms with Gasteiger partial charge in [-0.1, -0.05) is 0 Å². The molecule has 0 aliphatic carbocycles. The molecule has 12 heteroatoms. The number of fused-ring (bicyclic) bond motifs is 1. The van der Waals surface area contributed by atoms with E-state index in [1.807, 2.05) is 0 Å². The van der Waals surface area contributed by atoms with E-state index in [1.54, 1.807) is 6.92 Å². The number of rotatable bonds is 6. The van der Waals surface area contributed by atoms with Crippen LogP contribution in [0.4, 0.5) is 11.4 Å². The van der Waals surface area contributed by atoms with Crippen molar-refractivity contribution < 1.29 is 31.1 Å². The van der Waals surface area contributed by atoms with E-state index in [2.05, 4.69) is 10.0 Å². The highest BCUT2D eigenvalue weighted by atomic mass is 32.2. The van der Waals surface area contributed by atoms with Crippen LogP contribution in [-0.2, 0) is 24.8 Å². The Labute approximate surface area is 161 Å². The molecular formula is C16H17N3O7S2. The number of sulfonamides is 2. The van der Waals surface area contributed by atoms with Crippen LogP contribution in [0, 0.1) is 0 Å². The SMILES string of the molecule is CCOc1ccc(NS(=O)(=O)c2ccc3c(c2)NC(=O)CO3)cc1S(N)(=O)=O. The van der Waals surface area contributed by atoms with Crippen LogP contribution in [0.25, 0.3) is 0 Å². The molecule has 0 spiro atoms. The maximum absolute atomic E-state index is 12.7. The average Bonchev–Trinajstić information content (AvgIpc) is 2.61. The highest BCUT2D eigenvalue weighted by molar-refractivity contribution is 7.92. The third-order valence-corrected chi connectivity index (χ3v) is 6.01. The number of nitrogens with two attached hydrogens (primary N) is 1. The van der Waals surface area contributed by atoms with E-state index < -0.39 is 26.0 Å². The number of hydrogen-bond donors (Lipinski definition) is 3. The third kappa shape index (κ3) is 4.18. The van der Waals surface area contributed by atoms with Crippen molar-refractivity contribution in [1.82, 2.24) is 0 Å². The van der Waals surface area contributed by atoms with Crippen molar-refractivity contribution in [1.29, 1.82) is 0 Å². The summed E-state index contributed by atoms with van der Waals surface area (Å²) in [6, 6.07) is 7.68. The number of carbonyl (C=O) groups excluding carboxylic acids is 1. The normalized spacial score (nSPS) is 13.9. The van der Waals surface area contributed by atoms with E-state index in [1.165, 1.54) is 30.3 Å². The molecule has 1 aliphatic rings. The minimum Gasteiger partial charge on any atom is -0.492 e. The highest BCUT2D eigenvalue weighted by Crippen LogP contribution is 2.32. The van der Waals surface area contributed by atoms with Gasteiger partial charge in [0.15, 0.2) is 6.61 Å². The average molecular weight is 427 g/mol. The smallest absolute Gasteiger partial charge is 0.262 e. The number of amides is 1. The van der Waals surface area contributed by atoms with Crippen molar-refractivity contribution in [2.45, 2.75) is 16.7 Å². The number of primary sulfonamides is 1. The second kappa shape index (κ2) is 7.30. The van der Waals surface area contributed by atoms with Crippen LogP contribution in [0.1, 0.15) is 6.92 Å². The van der Waals surface area contributed by atoms with Gasteiger partial charge in [0, 0.05) is 0 Å². The van der Waals surface area contributed by atoms with Gasteiger partial charge in [-0.25, -0.2) is 22.0 Å². The fourth-order valence-corrected chi connectivity index (χ4v) is 4.29. The Balaban J connectivity index is 1.95. The maximum Gasteiger partial charge on any atom is 0.262 e. The van der Waals surface area contributed by atoms with Crippen molar-refractivity contribution in [2.24, 2.45) is 5.14 Å². The number of benzene rings is 2. The van der Waals surface area contributed by atoms with Crippen molar-refractivity contribution in [3.63, 3.8) is 0 Å². The molecule has 0 fully saturated rings. The van der Waals surface area contributed by atoms with Crippen LogP contribution in [0.3, 0.4) is 0 Å².